The van der Waals surface area contributed by atoms with Crippen molar-refractivity contribution in [1.29, 1.82) is 0 Å². The fraction of sp³-hybridized carbons (Fsp3) is 0.538. The highest BCUT2D eigenvalue weighted by molar-refractivity contribution is 6.29. The molecule has 0 bridgehead atoms. The number of aromatic nitrogens is 1. The first kappa shape index (κ1) is 14.1. The molecule has 2 N–H and O–H groups in total. The number of anilines is 1. The standard InChI is InChI=1S/C13H18ClN3O2/c1-3-15-11-7-9(6-10(14)16-11)12(18)17-5-4-13(2,19)8-17/h6-7,19H,3-5,8H2,1-2H3,(H,15,16). The number of aliphatic hydroxyl groups is 1. The van der Waals surface area contributed by atoms with Crippen molar-refractivity contribution in [2.24, 2.45) is 0 Å². The molecule has 1 saturated heterocycles. The Balaban J connectivity index is 2.19. The van der Waals surface area contributed by atoms with E-state index in [1.54, 1.807) is 24.0 Å². The molecule has 0 spiro atoms. The van der Waals surface area contributed by atoms with E-state index in [1.165, 1.54) is 0 Å². The van der Waals surface area contributed by atoms with E-state index in [0.29, 0.717) is 37.4 Å². The van der Waals surface area contributed by atoms with E-state index in [2.05, 4.69) is 10.3 Å². The van der Waals surface area contributed by atoms with Crippen LogP contribution >= 0.6 is 11.6 Å². The number of carbonyl (C=O) groups is 1. The number of rotatable bonds is 3. The molecule has 19 heavy (non-hydrogen) atoms. The monoisotopic (exact) mass is 283 g/mol. The largest absolute Gasteiger partial charge is 0.388 e. The molecular formula is C13H18ClN3O2. The number of pyridine rings is 1. The summed E-state index contributed by atoms with van der Waals surface area (Å²) in [6.07, 6.45) is 0.595. The molecule has 1 aliphatic heterocycles. The third-order valence-electron chi connectivity index (χ3n) is 3.14. The van der Waals surface area contributed by atoms with Crippen LogP contribution in [0.2, 0.25) is 5.15 Å². The topological polar surface area (TPSA) is 65.5 Å². The van der Waals surface area contributed by atoms with Gasteiger partial charge in [-0.05, 0) is 32.4 Å². The van der Waals surface area contributed by atoms with Gasteiger partial charge in [-0.15, -0.1) is 0 Å². The molecule has 2 heterocycles. The van der Waals surface area contributed by atoms with Gasteiger partial charge in [0.1, 0.15) is 11.0 Å². The van der Waals surface area contributed by atoms with Gasteiger partial charge in [0.15, 0.2) is 0 Å². The predicted molar refractivity (Wildman–Crippen MR) is 74.6 cm³/mol. The second kappa shape index (κ2) is 5.35. The zero-order valence-corrected chi connectivity index (χ0v) is 11.9. The minimum Gasteiger partial charge on any atom is -0.388 e. The summed E-state index contributed by atoms with van der Waals surface area (Å²) in [7, 11) is 0. The van der Waals surface area contributed by atoms with Crippen LogP contribution in [-0.2, 0) is 0 Å². The Morgan fingerprint density at radius 1 is 1.63 bits per heavy atom. The van der Waals surface area contributed by atoms with E-state index in [0.717, 1.165) is 0 Å². The van der Waals surface area contributed by atoms with Crippen LogP contribution < -0.4 is 5.32 Å². The lowest BCUT2D eigenvalue weighted by Gasteiger charge is -2.19. The molecule has 1 aliphatic rings. The number of likely N-dealkylation sites (tertiary alicyclic amines) is 1. The van der Waals surface area contributed by atoms with E-state index >= 15 is 0 Å². The fourth-order valence-corrected chi connectivity index (χ4v) is 2.40. The molecule has 2 rings (SSSR count). The second-order valence-electron chi connectivity index (χ2n) is 5.07. The lowest BCUT2D eigenvalue weighted by atomic mass is 10.1. The average Bonchev–Trinajstić information content (AvgIpc) is 2.68. The average molecular weight is 284 g/mol. The summed E-state index contributed by atoms with van der Waals surface area (Å²) in [5.41, 5.74) is -0.301. The lowest BCUT2D eigenvalue weighted by molar-refractivity contribution is 0.0572. The van der Waals surface area contributed by atoms with Crippen LogP contribution in [0.25, 0.3) is 0 Å². The van der Waals surface area contributed by atoms with Crippen LogP contribution in [0.4, 0.5) is 5.82 Å². The van der Waals surface area contributed by atoms with Gasteiger partial charge < -0.3 is 15.3 Å². The number of nitrogens with zero attached hydrogens (tertiary/aromatic N) is 2. The van der Waals surface area contributed by atoms with Crippen LogP contribution in [0, 0.1) is 0 Å². The summed E-state index contributed by atoms with van der Waals surface area (Å²) in [6, 6.07) is 3.24. The zero-order chi connectivity index (χ0) is 14.0. The Labute approximate surface area is 117 Å². The highest BCUT2D eigenvalue weighted by Crippen LogP contribution is 2.23. The van der Waals surface area contributed by atoms with Crippen molar-refractivity contribution in [2.45, 2.75) is 25.9 Å². The first-order chi connectivity index (χ1) is 8.91. The molecule has 1 unspecified atom stereocenters. The summed E-state index contributed by atoms with van der Waals surface area (Å²) >= 11 is 5.92. The number of β-amino-alcohol motifs (C(OH)–C–C–N with tert-alkyl or cyclic N) is 1. The van der Waals surface area contributed by atoms with Crippen LogP contribution in [0.5, 0.6) is 0 Å². The Morgan fingerprint density at radius 3 is 2.95 bits per heavy atom. The first-order valence-corrected chi connectivity index (χ1v) is 6.72. The number of hydrogen-bond donors (Lipinski definition) is 2. The van der Waals surface area contributed by atoms with E-state index in [1.807, 2.05) is 6.92 Å². The van der Waals surface area contributed by atoms with Gasteiger partial charge in [-0.3, -0.25) is 4.79 Å². The van der Waals surface area contributed by atoms with Crippen LogP contribution in [-0.4, -0.2) is 46.1 Å². The maximum Gasteiger partial charge on any atom is 0.254 e. The summed E-state index contributed by atoms with van der Waals surface area (Å²) in [5.74, 6) is 0.463. The molecule has 0 saturated carbocycles. The summed E-state index contributed by atoms with van der Waals surface area (Å²) < 4.78 is 0. The Bertz CT molecular complexity index is 491. The predicted octanol–water partition coefficient (Wildman–Crippen LogP) is 1.76. The zero-order valence-electron chi connectivity index (χ0n) is 11.1. The number of nitrogens with one attached hydrogen (secondary N) is 1. The van der Waals surface area contributed by atoms with Crippen molar-refractivity contribution >= 4 is 23.3 Å². The highest BCUT2D eigenvalue weighted by Gasteiger charge is 2.34. The van der Waals surface area contributed by atoms with Crippen molar-refractivity contribution in [1.82, 2.24) is 9.88 Å². The summed E-state index contributed by atoms with van der Waals surface area (Å²) in [4.78, 5) is 18.1. The Morgan fingerprint density at radius 2 is 2.37 bits per heavy atom. The van der Waals surface area contributed by atoms with Gasteiger partial charge in [0.25, 0.3) is 5.91 Å². The van der Waals surface area contributed by atoms with Gasteiger partial charge in [0.2, 0.25) is 0 Å². The lowest BCUT2D eigenvalue weighted by Crippen LogP contribution is -2.33. The molecular weight excluding hydrogens is 266 g/mol. The van der Waals surface area contributed by atoms with Gasteiger partial charge in [0, 0.05) is 25.2 Å². The maximum atomic E-state index is 12.3. The van der Waals surface area contributed by atoms with Crippen molar-refractivity contribution in [3.63, 3.8) is 0 Å². The maximum absolute atomic E-state index is 12.3. The first-order valence-electron chi connectivity index (χ1n) is 6.34. The number of hydrogen-bond acceptors (Lipinski definition) is 4. The summed E-state index contributed by atoms with van der Waals surface area (Å²) in [6.45, 7) is 5.30. The Kier molecular flexibility index (Phi) is 3.96. The van der Waals surface area contributed by atoms with Crippen molar-refractivity contribution in [2.75, 3.05) is 25.0 Å². The highest BCUT2D eigenvalue weighted by atomic mass is 35.5. The fourth-order valence-electron chi connectivity index (χ4n) is 2.19. The third kappa shape index (κ3) is 3.36. The molecule has 1 amide bonds. The van der Waals surface area contributed by atoms with Crippen molar-refractivity contribution in [3.05, 3.63) is 22.8 Å². The SMILES string of the molecule is CCNc1cc(C(=O)N2CCC(C)(O)C2)cc(Cl)n1. The van der Waals surface area contributed by atoms with E-state index in [-0.39, 0.29) is 11.1 Å². The molecule has 0 aliphatic carbocycles. The van der Waals surface area contributed by atoms with Gasteiger partial charge in [0.05, 0.1) is 5.60 Å². The van der Waals surface area contributed by atoms with Crippen molar-refractivity contribution < 1.29 is 9.90 Å². The van der Waals surface area contributed by atoms with E-state index in [9.17, 15) is 9.90 Å². The normalized spacial score (nSPS) is 22.6. The molecule has 5 nitrogen and oxygen atoms in total. The molecule has 104 valence electrons. The van der Waals surface area contributed by atoms with Gasteiger partial charge in [-0.1, -0.05) is 11.6 Å². The Hall–Kier alpha value is -1.33. The van der Waals surface area contributed by atoms with Crippen LogP contribution in [0.1, 0.15) is 30.6 Å². The van der Waals surface area contributed by atoms with Gasteiger partial charge >= 0.3 is 0 Å². The van der Waals surface area contributed by atoms with Crippen LogP contribution in [0.3, 0.4) is 0 Å². The van der Waals surface area contributed by atoms with Crippen molar-refractivity contribution in [3.8, 4) is 0 Å². The second-order valence-corrected chi connectivity index (χ2v) is 5.46. The molecule has 1 atom stereocenters. The summed E-state index contributed by atoms with van der Waals surface area (Å²) in [5, 5.41) is 13.2. The molecule has 1 aromatic heterocycles. The number of carbonyl (C=O) groups excluding carboxylic acids is 1. The number of amides is 1. The third-order valence-corrected chi connectivity index (χ3v) is 3.33. The smallest absolute Gasteiger partial charge is 0.254 e. The minimum atomic E-state index is -0.795. The molecule has 6 heteroatoms. The molecule has 0 aromatic carbocycles. The molecule has 0 radical (unpaired) electrons. The molecule has 1 fully saturated rings. The van der Waals surface area contributed by atoms with Gasteiger partial charge in [-0.25, -0.2) is 4.98 Å². The number of halogens is 1. The quantitative estimate of drug-likeness (QED) is 0.830. The van der Waals surface area contributed by atoms with Crippen LogP contribution in [0.15, 0.2) is 12.1 Å². The van der Waals surface area contributed by atoms with Gasteiger partial charge in [-0.2, -0.15) is 0 Å². The molecule has 1 aromatic rings. The van der Waals surface area contributed by atoms with E-state index < -0.39 is 5.60 Å². The minimum absolute atomic E-state index is 0.124. The van der Waals surface area contributed by atoms with E-state index in [4.69, 9.17) is 11.6 Å².